The summed E-state index contributed by atoms with van der Waals surface area (Å²) in [5.74, 6) is -1.96. The monoisotopic (exact) mass is 157 g/mol. The van der Waals surface area contributed by atoms with E-state index in [4.69, 9.17) is 10.8 Å². The Morgan fingerprint density at radius 1 is 1.73 bits per heavy atom. The molecule has 0 aromatic heterocycles. The van der Waals surface area contributed by atoms with Crippen LogP contribution < -0.4 is 5.73 Å². The summed E-state index contributed by atoms with van der Waals surface area (Å²) in [7, 11) is 0. The summed E-state index contributed by atoms with van der Waals surface area (Å²) in [5.41, 5.74) is 4.68. The molecule has 0 bridgehead atoms. The smallest absolute Gasteiger partial charge is 0.355 e. The molecule has 0 saturated heterocycles. The second kappa shape index (κ2) is 2.26. The number of hydrogen-bond acceptors (Lipinski definition) is 4. The van der Waals surface area contributed by atoms with Crippen molar-refractivity contribution in [2.75, 3.05) is 0 Å². The summed E-state index contributed by atoms with van der Waals surface area (Å²) in [4.78, 5) is 21.0. The van der Waals surface area contributed by atoms with Crippen LogP contribution in [0, 0.1) is 0 Å². The number of ether oxygens (including phenoxy) is 1. The lowest BCUT2D eigenvalue weighted by Gasteiger charge is -2.01. The largest absolute Gasteiger partial charge is 0.478 e. The van der Waals surface area contributed by atoms with Gasteiger partial charge in [-0.25, -0.2) is 9.59 Å². The molecule has 0 fully saturated rings. The van der Waals surface area contributed by atoms with Gasteiger partial charge in [-0.15, -0.1) is 0 Å². The van der Waals surface area contributed by atoms with Crippen LogP contribution in [0.4, 0.5) is 0 Å². The van der Waals surface area contributed by atoms with Crippen LogP contribution in [0.1, 0.15) is 6.92 Å². The van der Waals surface area contributed by atoms with E-state index in [1.165, 1.54) is 6.92 Å². The number of hydrogen-bond donors (Lipinski definition) is 2. The summed E-state index contributed by atoms with van der Waals surface area (Å²) in [6.45, 7) is 1.46. The van der Waals surface area contributed by atoms with Crippen molar-refractivity contribution in [2.24, 2.45) is 5.73 Å². The minimum absolute atomic E-state index is 0.157. The van der Waals surface area contributed by atoms with Gasteiger partial charge < -0.3 is 15.6 Å². The van der Waals surface area contributed by atoms with Crippen LogP contribution in [0.25, 0.3) is 0 Å². The Bertz CT molecular complexity index is 255. The number of rotatable bonds is 1. The van der Waals surface area contributed by atoms with Crippen LogP contribution in [-0.4, -0.2) is 23.1 Å². The maximum Gasteiger partial charge on any atom is 0.355 e. The third-order valence-corrected chi connectivity index (χ3v) is 1.43. The van der Waals surface area contributed by atoms with Gasteiger partial charge in [-0.3, -0.25) is 0 Å². The van der Waals surface area contributed by atoms with Crippen molar-refractivity contribution < 1.29 is 19.4 Å². The first-order valence-electron chi connectivity index (χ1n) is 2.98. The normalized spacial score (nSPS) is 23.7. The highest BCUT2D eigenvalue weighted by Crippen LogP contribution is 2.18. The first-order chi connectivity index (χ1) is 5.04. The predicted octanol–water partition coefficient (Wildman–Crippen LogP) is -0.771. The van der Waals surface area contributed by atoms with E-state index in [2.05, 4.69) is 4.74 Å². The van der Waals surface area contributed by atoms with E-state index in [1.54, 1.807) is 0 Å². The number of esters is 1. The number of carbonyl (C=O) groups excluding carboxylic acids is 1. The molecule has 0 amide bonds. The Kier molecular flexibility index (Phi) is 1.56. The summed E-state index contributed by atoms with van der Waals surface area (Å²) in [6, 6.07) is 0. The summed E-state index contributed by atoms with van der Waals surface area (Å²) < 4.78 is 4.53. The van der Waals surface area contributed by atoms with Crippen LogP contribution in [0.3, 0.4) is 0 Å². The first-order valence-corrected chi connectivity index (χ1v) is 2.98. The molecular formula is C6H7NO4. The molecule has 5 nitrogen and oxygen atoms in total. The molecule has 1 heterocycles. The first kappa shape index (κ1) is 7.59. The molecule has 3 N–H and O–H groups in total. The maximum atomic E-state index is 10.6. The summed E-state index contributed by atoms with van der Waals surface area (Å²) >= 11 is 0. The standard InChI is InChI=1S/C6H7NO4/c1-2-3(5(8)9)4(7)6(10)11-2/h2H,7H2,1H3,(H,8,9)/t2-/m1/s1. The molecule has 5 heteroatoms. The van der Waals surface area contributed by atoms with Crippen molar-refractivity contribution in [3.63, 3.8) is 0 Å². The average Bonchev–Trinajstić information content (AvgIpc) is 2.07. The van der Waals surface area contributed by atoms with E-state index in [0.29, 0.717) is 0 Å². The highest BCUT2D eigenvalue weighted by Gasteiger charge is 2.33. The predicted molar refractivity (Wildman–Crippen MR) is 34.4 cm³/mol. The van der Waals surface area contributed by atoms with Crippen molar-refractivity contribution >= 4 is 11.9 Å². The highest BCUT2D eigenvalue weighted by molar-refractivity contribution is 6.02. The van der Waals surface area contributed by atoms with Gasteiger partial charge >= 0.3 is 11.9 Å². The molecular weight excluding hydrogens is 150 g/mol. The van der Waals surface area contributed by atoms with E-state index in [9.17, 15) is 9.59 Å². The molecule has 1 rings (SSSR count). The Morgan fingerprint density at radius 2 is 2.27 bits per heavy atom. The Morgan fingerprint density at radius 3 is 2.45 bits per heavy atom. The van der Waals surface area contributed by atoms with Gasteiger partial charge in [-0.1, -0.05) is 0 Å². The molecule has 0 saturated carbocycles. The van der Waals surface area contributed by atoms with E-state index >= 15 is 0 Å². The topological polar surface area (TPSA) is 89.6 Å². The van der Waals surface area contributed by atoms with Crippen LogP contribution in [0.2, 0.25) is 0 Å². The van der Waals surface area contributed by atoms with Gasteiger partial charge in [0.1, 0.15) is 17.4 Å². The zero-order chi connectivity index (χ0) is 8.59. The molecule has 60 valence electrons. The van der Waals surface area contributed by atoms with Gasteiger partial charge in [0.25, 0.3) is 0 Å². The molecule has 0 spiro atoms. The molecule has 0 radical (unpaired) electrons. The highest BCUT2D eigenvalue weighted by atomic mass is 16.6. The van der Waals surface area contributed by atoms with Crippen LogP contribution in [-0.2, 0) is 14.3 Å². The molecule has 0 unspecified atom stereocenters. The molecule has 0 aliphatic carbocycles. The van der Waals surface area contributed by atoms with Gasteiger partial charge in [-0.2, -0.15) is 0 Å². The van der Waals surface area contributed by atoms with E-state index < -0.39 is 18.0 Å². The Labute approximate surface area is 62.4 Å². The SMILES string of the molecule is C[C@H]1OC(=O)C(N)=C1C(=O)O. The Balaban J connectivity index is 3.06. The number of nitrogens with two attached hydrogens (primary N) is 1. The molecule has 0 aromatic rings. The zero-order valence-electron chi connectivity index (χ0n) is 5.83. The van der Waals surface area contributed by atoms with Gasteiger partial charge in [0.05, 0.1) is 0 Å². The molecule has 0 aromatic carbocycles. The lowest BCUT2D eigenvalue weighted by atomic mass is 10.1. The van der Waals surface area contributed by atoms with E-state index in [0.717, 1.165) is 0 Å². The Hall–Kier alpha value is -1.52. The maximum absolute atomic E-state index is 10.6. The van der Waals surface area contributed by atoms with Gasteiger partial charge in [0.15, 0.2) is 0 Å². The third kappa shape index (κ3) is 1.04. The fraction of sp³-hybridized carbons (Fsp3) is 0.333. The fourth-order valence-electron chi connectivity index (χ4n) is 0.901. The van der Waals surface area contributed by atoms with Gasteiger partial charge in [-0.05, 0) is 6.92 Å². The third-order valence-electron chi connectivity index (χ3n) is 1.43. The fourth-order valence-corrected chi connectivity index (χ4v) is 0.901. The number of carboxylic acid groups (broad SMARTS) is 1. The van der Waals surface area contributed by atoms with E-state index in [1.807, 2.05) is 0 Å². The number of aliphatic carboxylic acids is 1. The lowest BCUT2D eigenvalue weighted by molar-refractivity contribution is -0.139. The van der Waals surface area contributed by atoms with Gasteiger partial charge in [0.2, 0.25) is 0 Å². The van der Waals surface area contributed by atoms with Crippen LogP contribution >= 0.6 is 0 Å². The van der Waals surface area contributed by atoms with Crippen molar-refractivity contribution in [1.82, 2.24) is 0 Å². The van der Waals surface area contributed by atoms with Crippen LogP contribution in [0.15, 0.2) is 11.3 Å². The summed E-state index contributed by atoms with van der Waals surface area (Å²) in [5, 5.41) is 8.50. The van der Waals surface area contributed by atoms with Crippen molar-refractivity contribution in [2.45, 2.75) is 13.0 Å². The molecule has 1 aliphatic heterocycles. The van der Waals surface area contributed by atoms with Gasteiger partial charge in [0, 0.05) is 0 Å². The minimum Gasteiger partial charge on any atom is -0.478 e. The average molecular weight is 157 g/mol. The molecule has 1 aliphatic rings. The zero-order valence-corrected chi connectivity index (χ0v) is 5.83. The molecule has 11 heavy (non-hydrogen) atoms. The molecule has 1 atom stereocenters. The number of carbonyl (C=O) groups is 2. The van der Waals surface area contributed by atoms with E-state index in [-0.39, 0.29) is 11.3 Å². The van der Waals surface area contributed by atoms with Crippen molar-refractivity contribution in [3.8, 4) is 0 Å². The van der Waals surface area contributed by atoms with Crippen molar-refractivity contribution in [3.05, 3.63) is 11.3 Å². The summed E-state index contributed by atoms with van der Waals surface area (Å²) in [6.07, 6.45) is -0.736. The second-order valence-electron chi connectivity index (χ2n) is 2.18. The minimum atomic E-state index is -1.21. The quantitative estimate of drug-likeness (QED) is 0.488. The number of carboxylic acids is 1. The van der Waals surface area contributed by atoms with Crippen LogP contribution in [0.5, 0.6) is 0 Å². The lowest BCUT2D eigenvalue weighted by Crippen LogP contribution is -2.14. The second-order valence-corrected chi connectivity index (χ2v) is 2.18. The number of cyclic esters (lactones) is 1. The van der Waals surface area contributed by atoms with Crippen molar-refractivity contribution in [1.29, 1.82) is 0 Å².